The van der Waals surface area contributed by atoms with Crippen molar-refractivity contribution in [3.05, 3.63) is 29.8 Å². The molecule has 0 bridgehead atoms. The van der Waals surface area contributed by atoms with E-state index in [1.165, 1.54) is 19.1 Å². The van der Waals surface area contributed by atoms with Crippen molar-refractivity contribution < 1.29 is 24.3 Å². The van der Waals surface area contributed by atoms with Crippen molar-refractivity contribution in [1.29, 1.82) is 0 Å². The van der Waals surface area contributed by atoms with Crippen LogP contribution in [0.5, 0.6) is 5.75 Å². The first kappa shape index (κ1) is 26.9. The Hall–Kier alpha value is -3.10. The Labute approximate surface area is 189 Å². The van der Waals surface area contributed by atoms with Gasteiger partial charge in [0.2, 0.25) is 23.6 Å². The first-order chi connectivity index (χ1) is 14.9. The Kier molecular flexibility index (Phi) is 10.7. The van der Waals surface area contributed by atoms with Crippen LogP contribution in [0, 0.1) is 11.8 Å². The Morgan fingerprint density at radius 3 is 1.66 bits per heavy atom. The molecule has 1 aromatic rings. The second-order valence-corrected chi connectivity index (χ2v) is 8.91. The maximum absolute atomic E-state index is 13.0. The van der Waals surface area contributed by atoms with E-state index >= 15 is 0 Å². The molecule has 0 aromatic heterocycles. The summed E-state index contributed by atoms with van der Waals surface area (Å²) in [7, 11) is 0. The maximum atomic E-state index is 13.0. The molecule has 178 valence electrons. The van der Waals surface area contributed by atoms with Crippen molar-refractivity contribution in [2.45, 2.75) is 72.0 Å². The third kappa shape index (κ3) is 9.80. The van der Waals surface area contributed by atoms with Crippen LogP contribution in [0.25, 0.3) is 0 Å². The highest BCUT2D eigenvalue weighted by atomic mass is 16.3. The lowest BCUT2D eigenvalue weighted by atomic mass is 9.99. The van der Waals surface area contributed by atoms with E-state index in [2.05, 4.69) is 16.0 Å². The highest BCUT2D eigenvalue weighted by Crippen LogP contribution is 2.13. The number of aromatic hydroxyl groups is 1. The number of nitrogens with one attached hydrogen (secondary N) is 3. The Balaban J connectivity index is 2.96. The molecule has 1 aromatic carbocycles. The number of rotatable bonds is 12. The molecule has 9 nitrogen and oxygen atoms in total. The zero-order chi connectivity index (χ0) is 24.4. The lowest BCUT2D eigenvalue weighted by Gasteiger charge is -2.26. The van der Waals surface area contributed by atoms with Crippen molar-refractivity contribution in [3.63, 3.8) is 0 Å². The van der Waals surface area contributed by atoms with Crippen LogP contribution in [-0.4, -0.2) is 46.9 Å². The van der Waals surface area contributed by atoms with Crippen molar-refractivity contribution in [1.82, 2.24) is 16.0 Å². The van der Waals surface area contributed by atoms with Crippen LogP contribution in [0.4, 0.5) is 0 Å². The smallest absolute Gasteiger partial charge is 0.243 e. The van der Waals surface area contributed by atoms with E-state index in [4.69, 9.17) is 5.73 Å². The molecule has 9 heteroatoms. The number of carbonyl (C=O) groups excluding carboxylic acids is 4. The lowest BCUT2D eigenvalue weighted by Crippen LogP contribution is -2.57. The number of amides is 4. The number of benzene rings is 1. The summed E-state index contributed by atoms with van der Waals surface area (Å²) in [4.78, 5) is 49.3. The van der Waals surface area contributed by atoms with E-state index in [0.29, 0.717) is 18.4 Å². The summed E-state index contributed by atoms with van der Waals surface area (Å²) >= 11 is 0. The number of hydrogen-bond acceptors (Lipinski definition) is 5. The van der Waals surface area contributed by atoms with Crippen molar-refractivity contribution in [3.8, 4) is 5.75 Å². The Bertz CT molecular complexity index is 792. The zero-order valence-electron chi connectivity index (χ0n) is 19.5. The third-order valence-electron chi connectivity index (χ3n) is 4.78. The molecule has 0 radical (unpaired) electrons. The summed E-state index contributed by atoms with van der Waals surface area (Å²) in [5.74, 6) is -1.71. The Morgan fingerprint density at radius 1 is 0.812 bits per heavy atom. The fourth-order valence-corrected chi connectivity index (χ4v) is 3.29. The molecule has 1 rings (SSSR count). The van der Waals surface area contributed by atoms with Gasteiger partial charge in [-0.05, 0) is 42.4 Å². The predicted molar refractivity (Wildman–Crippen MR) is 121 cm³/mol. The minimum Gasteiger partial charge on any atom is -0.508 e. The summed E-state index contributed by atoms with van der Waals surface area (Å²) in [6.07, 6.45) is 0.911. The van der Waals surface area contributed by atoms with Gasteiger partial charge in [0.25, 0.3) is 0 Å². The molecule has 0 saturated heterocycles. The number of carbonyl (C=O) groups is 4. The highest BCUT2D eigenvalue weighted by Gasteiger charge is 2.29. The molecule has 0 spiro atoms. The summed E-state index contributed by atoms with van der Waals surface area (Å²) in [5, 5.41) is 17.4. The van der Waals surface area contributed by atoms with Gasteiger partial charge >= 0.3 is 0 Å². The van der Waals surface area contributed by atoms with E-state index in [1.54, 1.807) is 12.1 Å². The minimum atomic E-state index is -0.986. The monoisotopic (exact) mass is 448 g/mol. The van der Waals surface area contributed by atoms with Gasteiger partial charge in [-0.15, -0.1) is 0 Å². The van der Waals surface area contributed by atoms with Crippen LogP contribution < -0.4 is 21.7 Å². The molecule has 0 aliphatic heterocycles. The lowest BCUT2D eigenvalue weighted by molar-refractivity contribution is -0.133. The molecule has 0 aliphatic rings. The fourth-order valence-electron chi connectivity index (χ4n) is 3.29. The molecular weight excluding hydrogens is 412 g/mol. The van der Waals surface area contributed by atoms with Gasteiger partial charge in [-0.3, -0.25) is 19.2 Å². The number of nitrogens with two attached hydrogens (primary N) is 1. The van der Waals surface area contributed by atoms with Crippen LogP contribution in [0.15, 0.2) is 24.3 Å². The van der Waals surface area contributed by atoms with E-state index in [0.717, 1.165) is 0 Å². The van der Waals surface area contributed by atoms with Gasteiger partial charge in [0, 0.05) is 13.3 Å². The van der Waals surface area contributed by atoms with Crippen LogP contribution in [0.2, 0.25) is 0 Å². The van der Waals surface area contributed by atoms with Crippen molar-refractivity contribution in [2.24, 2.45) is 17.6 Å². The van der Waals surface area contributed by atoms with E-state index < -0.39 is 35.8 Å². The van der Waals surface area contributed by atoms with Gasteiger partial charge in [0.1, 0.15) is 23.9 Å². The van der Waals surface area contributed by atoms with Gasteiger partial charge in [0.15, 0.2) is 0 Å². The number of primary amides is 1. The zero-order valence-corrected chi connectivity index (χ0v) is 19.5. The summed E-state index contributed by atoms with van der Waals surface area (Å²) < 4.78 is 0. The van der Waals surface area contributed by atoms with Gasteiger partial charge < -0.3 is 26.8 Å². The number of hydrogen-bond donors (Lipinski definition) is 5. The van der Waals surface area contributed by atoms with E-state index in [9.17, 15) is 24.3 Å². The first-order valence-corrected chi connectivity index (χ1v) is 10.8. The molecule has 32 heavy (non-hydrogen) atoms. The third-order valence-corrected chi connectivity index (χ3v) is 4.78. The SMILES string of the molecule is CC(=O)NC(CC(C)C)C(=O)NC(CC(C)C)C(=O)NC(Cc1ccc(O)cc1)C(N)=O. The van der Waals surface area contributed by atoms with Crippen LogP contribution in [0.3, 0.4) is 0 Å². The topological polar surface area (TPSA) is 151 Å². The molecular formula is C23H36N4O5. The molecule has 3 unspecified atom stereocenters. The van der Waals surface area contributed by atoms with Crippen LogP contribution >= 0.6 is 0 Å². The van der Waals surface area contributed by atoms with Crippen molar-refractivity contribution in [2.75, 3.05) is 0 Å². The van der Waals surface area contributed by atoms with E-state index in [-0.39, 0.29) is 29.9 Å². The normalized spacial score (nSPS) is 13.8. The van der Waals surface area contributed by atoms with Gasteiger partial charge in [-0.2, -0.15) is 0 Å². The van der Waals surface area contributed by atoms with Gasteiger partial charge in [-0.1, -0.05) is 39.8 Å². The molecule has 0 fully saturated rings. The molecule has 0 heterocycles. The predicted octanol–water partition coefficient (Wildman–Crippen LogP) is 0.987. The Morgan fingerprint density at radius 2 is 1.25 bits per heavy atom. The molecule has 6 N–H and O–H groups in total. The largest absolute Gasteiger partial charge is 0.508 e. The van der Waals surface area contributed by atoms with E-state index in [1.807, 2.05) is 27.7 Å². The molecule has 0 aliphatic carbocycles. The summed E-state index contributed by atoms with van der Waals surface area (Å²) in [6, 6.07) is 3.58. The van der Waals surface area contributed by atoms with Crippen LogP contribution in [-0.2, 0) is 25.6 Å². The second kappa shape index (κ2) is 12.7. The summed E-state index contributed by atoms with van der Waals surface area (Å²) in [5.41, 5.74) is 6.19. The quantitative estimate of drug-likeness (QED) is 0.323. The average molecular weight is 449 g/mol. The van der Waals surface area contributed by atoms with Gasteiger partial charge in [-0.25, -0.2) is 0 Å². The molecule has 0 saturated carbocycles. The number of phenolic OH excluding ortho intramolecular Hbond substituents is 1. The second-order valence-electron chi connectivity index (χ2n) is 8.91. The summed E-state index contributed by atoms with van der Waals surface area (Å²) in [6.45, 7) is 9.02. The molecule has 4 amide bonds. The fraction of sp³-hybridized carbons (Fsp3) is 0.565. The minimum absolute atomic E-state index is 0.0829. The van der Waals surface area contributed by atoms with Gasteiger partial charge in [0.05, 0.1) is 0 Å². The average Bonchev–Trinajstić information content (AvgIpc) is 2.66. The standard InChI is InChI=1S/C23H36N4O5/c1-13(2)10-19(25-15(5)28)22(31)27-20(11-14(3)4)23(32)26-18(21(24)30)12-16-6-8-17(29)9-7-16/h6-9,13-14,18-20,29H,10-12H2,1-5H3,(H2,24,30)(H,25,28)(H,26,32)(H,27,31). The first-order valence-electron chi connectivity index (χ1n) is 10.8. The van der Waals surface area contributed by atoms with Crippen molar-refractivity contribution >= 4 is 23.6 Å². The molecule has 3 atom stereocenters. The van der Waals surface area contributed by atoms with Crippen LogP contribution in [0.1, 0.15) is 53.0 Å². The highest BCUT2D eigenvalue weighted by molar-refractivity contribution is 5.93. The number of phenols is 1. The maximum Gasteiger partial charge on any atom is 0.243 e.